The zero-order valence-corrected chi connectivity index (χ0v) is 14.4. The lowest BCUT2D eigenvalue weighted by atomic mass is 9.93. The molecule has 1 N–H and O–H groups in total. The minimum Gasteiger partial charge on any atom is -0.457 e. The Kier molecular flexibility index (Phi) is 4.14. The number of hydrogen-bond donors (Lipinski definition) is 1. The molecule has 0 amide bonds. The van der Waals surface area contributed by atoms with Crippen molar-refractivity contribution in [2.45, 2.75) is 63.9 Å². The Balaban J connectivity index is 2.33. The van der Waals surface area contributed by atoms with E-state index < -0.39 is 26.4 Å². The molecule has 2 rings (SSSR count). The maximum atomic E-state index is 13.9. The van der Waals surface area contributed by atoms with Crippen LogP contribution < -0.4 is 4.72 Å². The van der Waals surface area contributed by atoms with Crippen LogP contribution in [0.1, 0.15) is 47.5 Å². The Morgan fingerprint density at radius 2 is 2.00 bits per heavy atom. The molecule has 0 radical (unpaired) electrons. The first-order chi connectivity index (χ1) is 9.98. The topological polar surface area (TPSA) is 67.8 Å². The van der Waals surface area contributed by atoms with Crippen molar-refractivity contribution in [3.8, 4) is 0 Å². The molecular weight excluding hydrogens is 307 g/mol. The van der Waals surface area contributed by atoms with Crippen molar-refractivity contribution >= 4 is 16.0 Å². The van der Waals surface area contributed by atoms with Crippen molar-refractivity contribution in [2.24, 2.45) is 4.99 Å². The molecule has 7 heteroatoms. The van der Waals surface area contributed by atoms with Gasteiger partial charge in [0.1, 0.15) is 16.2 Å². The van der Waals surface area contributed by atoms with E-state index >= 15 is 0 Å². The van der Waals surface area contributed by atoms with Crippen molar-refractivity contribution in [2.75, 3.05) is 0 Å². The molecule has 0 spiro atoms. The summed E-state index contributed by atoms with van der Waals surface area (Å²) in [6.45, 7) is 8.31. The Hall–Kier alpha value is -1.37. The number of nitrogens with one attached hydrogen (secondary N) is 1. The van der Waals surface area contributed by atoms with Crippen molar-refractivity contribution in [3.63, 3.8) is 0 Å². The van der Waals surface area contributed by atoms with Crippen LogP contribution in [-0.4, -0.2) is 30.8 Å². The molecule has 0 unspecified atom stereocenters. The highest BCUT2D eigenvalue weighted by molar-refractivity contribution is 7.91. The van der Waals surface area contributed by atoms with Gasteiger partial charge in [-0.1, -0.05) is 12.2 Å². The minimum atomic E-state index is -3.64. The van der Waals surface area contributed by atoms with Gasteiger partial charge in [0.2, 0.25) is 10.0 Å². The van der Waals surface area contributed by atoms with Gasteiger partial charge in [0.25, 0.3) is 6.02 Å². The molecular formula is C15H23FN2O3S. The highest BCUT2D eigenvalue weighted by atomic mass is 32.2. The number of ether oxygens (including phenoxy) is 1. The average molecular weight is 330 g/mol. The fourth-order valence-corrected chi connectivity index (χ4v) is 3.54. The summed E-state index contributed by atoms with van der Waals surface area (Å²) in [5, 5.41) is 0. The van der Waals surface area contributed by atoms with Crippen LogP contribution in [0, 0.1) is 0 Å². The lowest BCUT2D eigenvalue weighted by molar-refractivity contribution is 0.0467. The van der Waals surface area contributed by atoms with Gasteiger partial charge in [-0.3, -0.25) is 0 Å². The third-order valence-corrected chi connectivity index (χ3v) is 6.88. The summed E-state index contributed by atoms with van der Waals surface area (Å²) in [7, 11) is -3.64. The molecule has 1 heterocycles. The third-order valence-electron chi connectivity index (χ3n) is 4.60. The smallest absolute Gasteiger partial charge is 0.299 e. The van der Waals surface area contributed by atoms with E-state index in [1.807, 2.05) is 6.08 Å². The van der Waals surface area contributed by atoms with Crippen molar-refractivity contribution in [3.05, 3.63) is 23.6 Å². The fraction of sp³-hybridized carbons (Fsp3) is 0.667. The summed E-state index contributed by atoms with van der Waals surface area (Å²) in [6.07, 6.45) is 4.60. The summed E-state index contributed by atoms with van der Waals surface area (Å²) >= 11 is 0. The molecule has 0 bridgehead atoms. The number of halogens is 1. The third kappa shape index (κ3) is 2.78. The summed E-state index contributed by atoms with van der Waals surface area (Å²) < 4.78 is 45.6. The van der Waals surface area contributed by atoms with Crippen LogP contribution in [0.2, 0.25) is 0 Å². The average Bonchev–Trinajstić information content (AvgIpc) is 2.36. The van der Waals surface area contributed by atoms with E-state index in [1.165, 1.54) is 0 Å². The number of aliphatic imine (C=N–C) groups is 1. The van der Waals surface area contributed by atoms with Gasteiger partial charge in [-0.15, -0.1) is 0 Å². The molecule has 1 aliphatic heterocycles. The molecule has 0 aromatic heterocycles. The van der Waals surface area contributed by atoms with E-state index in [1.54, 1.807) is 40.7 Å². The van der Waals surface area contributed by atoms with E-state index in [2.05, 4.69) is 9.71 Å². The van der Waals surface area contributed by atoms with Gasteiger partial charge in [0, 0.05) is 12.0 Å². The van der Waals surface area contributed by atoms with E-state index in [0.29, 0.717) is 18.4 Å². The number of nitrogens with zero attached hydrogens (tertiary/aromatic N) is 1. The standard InChI is InChI=1S/C15H23FN2O3S/c1-10(11-8-6-7-9-12(11)16)17-13-18-22(19,20)15(4,5)14(2,3)21-13/h6,8,10H,7,9H2,1-5H3,(H,17,18)/t10-/m0/s1. The molecule has 2 aliphatic rings. The SMILES string of the molecule is C[C@H](N=C1NS(=O)(=O)C(C)(C)C(C)(C)O1)C1=C(F)CCC=C1. The first-order valence-electron chi connectivity index (χ1n) is 7.32. The normalized spacial score (nSPS) is 28.9. The highest BCUT2D eigenvalue weighted by Crippen LogP contribution is 2.36. The van der Waals surface area contributed by atoms with Crippen molar-refractivity contribution in [1.82, 2.24) is 4.72 Å². The Bertz CT molecular complexity index is 660. The molecule has 1 saturated heterocycles. The van der Waals surface area contributed by atoms with Gasteiger partial charge >= 0.3 is 0 Å². The van der Waals surface area contributed by atoms with E-state index in [9.17, 15) is 12.8 Å². The maximum absolute atomic E-state index is 13.9. The van der Waals surface area contributed by atoms with Crippen LogP contribution in [0.25, 0.3) is 0 Å². The highest BCUT2D eigenvalue weighted by Gasteiger charge is 2.54. The summed E-state index contributed by atoms with van der Waals surface area (Å²) in [5.74, 6) is -0.211. The monoisotopic (exact) mass is 330 g/mol. The van der Waals surface area contributed by atoms with Gasteiger partial charge in [-0.25, -0.2) is 22.5 Å². The van der Waals surface area contributed by atoms with Crippen LogP contribution in [-0.2, 0) is 14.8 Å². The Labute approximate surface area is 131 Å². The number of allylic oxidation sites excluding steroid dienone is 2. The van der Waals surface area contributed by atoms with Crippen molar-refractivity contribution < 1.29 is 17.5 Å². The molecule has 5 nitrogen and oxygen atoms in total. The molecule has 0 aromatic rings. The van der Waals surface area contributed by atoms with Gasteiger partial charge < -0.3 is 4.74 Å². The Morgan fingerprint density at radius 1 is 1.36 bits per heavy atom. The number of hydrogen-bond acceptors (Lipinski definition) is 4. The summed E-state index contributed by atoms with van der Waals surface area (Å²) in [6, 6.07) is -0.609. The summed E-state index contributed by atoms with van der Waals surface area (Å²) in [5.41, 5.74) is -0.491. The minimum absolute atomic E-state index is 0.0869. The number of rotatable bonds is 2. The first-order valence-corrected chi connectivity index (χ1v) is 8.80. The van der Waals surface area contributed by atoms with Gasteiger partial charge in [-0.2, -0.15) is 0 Å². The quantitative estimate of drug-likeness (QED) is 0.846. The molecule has 124 valence electrons. The molecule has 22 heavy (non-hydrogen) atoms. The number of amidine groups is 1. The predicted molar refractivity (Wildman–Crippen MR) is 84.7 cm³/mol. The molecule has 1 atom stereocenters. The number of sulfonamides is 1. The lowest BCUT2D eigenvalue weighted by Gasteiger charge is -2.44. The van der Waals surface area contributed by atoms with Gasteiger partial charge in [-0.05, 0) is 41.0 Å². The van der Waals surface area contributed by atoms with E-state index in [-0.39, 0.29) is 11.8 Å². The van der Waals surface area contributed by atoms with Gasteiger partial charge in [0.15, 0.2) is 0 Å². The lowest BCUT2D eigenvalue weighted by Crippen LogP contribution is -2.64. The van der Waals surface area contributed by atoms with Gasteiger partial charge in [0.05, 0.1) is 6.04 Å². The van der Waals surface area contributed by atoms with Crippen LogP contribution in [0.5, 0.6) is 0 Å². The van der Waals surface area contributed by atoms with E-state index in [0.717, 1.165) is 0 Å². The molecule has 1 fully saturated rings. The van der Waals surface area contributed by atoms with Crippen LogP contribution in [0.3, 0.4) is 0 Å². The molecule has 0 aromatic carbocycles. The van der Waals surface area contributed by atoms with Crippen LogP contribution >= 0.6 is 0 Å². The Morgan fingerprint density at radius 3 is 2.55 bits per heavy atom. The zero-order valence-electron chi connectivity index (χ0n) is 13.6. The largest absolute Gasteiger partial charge is 0.457 e. The van der Waals surface area contributed by atoms with Crippen LogP contribution in [0.4, 0.5) is 4.39 Å². The second-order valence-electron chi connectivity index (χ2n) is 6.64. The predicted octanol–water partition coefficient (Wildman–Crippen LogP) is 2.81. The maximum Gasteiger partial charge on any atom is 0.299 e. The van der Waals surface area contributed by atoms with Crippen LogP contribution in [0.15, 0.2) is 28.5 Å². The zero-order chi connectivity index (χ0) is 16.8. The van der Waals surface area contributed by atoms with E-state index in [4.69, 9.17) is 4.74 Å². The molecule has 1 aliphatic carbocycles. The second kappa shape index (κ2) is 5.37. The fourth-order valence-electron chi connectivity index (χ4n) is 2.27. The first kappa shape index (κ1) is 17.0. The van der Waals surface area contributed by atoms with Crippen molar-refractivity contribution in [1.29, 1.82) is 0 Å². The summed E-state index contributed by atoms with van der Waals surface area (Å²) in [4.78, 5) is 4.22. The second-order valence-corrected chi connectivity index (χ2v) is 8.87. The molecule has 0 saturated carbocycles.